The molecule has 1 aromatic heterocycles. The van der Waals surface area contributed by atoms with Crippen molar-refractivity contribution >= 4 is 23.5 Å². The van der Waals surface area contributed by atoms with Gasteiger partial charge < -0.3 is 0 Å². The van der Waals surface area contributed by atoms with Crippen molar-refractivity contribution in [2.75, 3.05) is 10.2 Å². The number of anilines is 3. The van der Waals surface area contributed by atoms with Gasteiger partial charge in [-0.2, -0.15) is 15.5 Å². The molecule has 1 aliphatic carbocycles. The van der Waals surface area contributed by atoms with Gasteiger partial charge in [0.1, 0.15) is 12.7 Å². The van der Waals surface area contributed by atoms with E-state index in [4.69, 9.17) is 0 Å². The van der Waals surface area contributed by atoms with Crippen molar-refractivity contribution in [3.8, 4) is 12.1 Å². The summed E-state index contributed by atoms with van der Waals surface area (Å²) in [7, 11) is 0. The highest BCUT2D eigenvalue weighted by Crippen LogP contribution is 2.42. The number of nitrogens with one attached hydrogen (secondary N) is 1. The minimum atomic E-state index is -0.626. The highest BCUT2D eigenvalue weighted by molar-refractivity contribution is 5.91. The molecule has 1 fully saturated rings. The first kappa shape index (κ1) is 22.3. The van der Waals surface area contributed by atoms with Gasteiger partial charge in [0.05, 0.1) is 23.3 Å². The number of carbonyl (C=O) groups excluding carboxylic acids is 1. The second kappa shape index (κ2) is 9.03. The average Bonchev–Trinajstić information content (AvgIpc) is 3.24. The number of fused-ring (bicyclic) bond motifs is 1. The van der Waals surface area contributed by atoms with Crippen LogP contribution in [0.25, 0.3) is 0 Å². The molecule has 1 aliphatic heterocycles. The molecule has 9 heteroatoms. The summed E-state index contributed by atoms with van der Waals surface area (Å²) in [5.41, 5.74) is 3.42. The van der Waals surface area contributed by atoms with E-state index in [0.29, 0.717) is 34.0 Å². The van der Waals surface area contributed by atoms with Crippen molar-refractivity contribution in [1.29, 1.82) is 10.5 Å². The molecule has 1 amide bonds. The van der Waals surface area contributed by atoms with Crippen molar-refractivity contribution in [1.82, 2.24) is 14.8 Å². The van der Waals surface area contributed by atoms with E-state index in [1.54, 1.807) is 52.0 Å². The molecule has 0 radical (unpaired) electrons. The Balaban J connectivity index is 1.65. The predicted octanol–water partition coefficient (Wildman–Crippen LogP) is 4.90. The van der Waals surface area contributed by atoms with Crippen LogP contribution in [0.5, 0.6) is 0 Å². The maximum atomic E-state index is 13.4. The zero-order valence-corrected chi connectivity index (χ0v) is 19.1. The fourth-order valence-corrected chi connectivity index (χ4v) is 4.44. The first-order chi connectivity index (χ1) is 17.0. The molecule has 174 valence electrons. The SMILES string of the molecule is CC1=C(C#N)[C@@H](c2ccc(C#N)cc2)n2nc(NC(=O)C3CCC3)nc2N1c1cccc(CF)c1. The molecule has 1 saturated carbocycles. The fourth-order valence-electron chi connectivity index (χ4n) is 4.44. The Morgan fingerprint density at radius 2 is 1.94 bits per heavy atom. The van der Waals surface area contributed by atoms with Gasteiger partial charge in [-0.1, -0.05) is 30.7 Å². The van der Waals surface area contributed by atoms with Gasteiger partial charge in [0.15, 0.2) is 0 Å². The lowest BCUT2D eigenvalue weighted by Gasteiger charge is -2.34. The summed E-state index contributed by atoms with van der Waals surface area (Å²) in [6.45, 7) is 1.18. The minimum Gasteiger partial charge on any atom is -0.293 e. The number of alkyl halides is 1. The molecule has 2 heterocycles. The van der Waals surface area contributed by atoms with Gasteiger partial charge in [0, 0.05) is 17.3 Å². The van der Waals surface area contributed by atoms with Crippen LogP contribution in [0.2, 0.25) is 0 Å². The number of hydrogen-bond donors (Lipinski definition) is 1. The third-order valence-electron chi connectivity index (χ3n) is 6.57. The van der Waals surface area contributed by atoms with Crippen molar-refractivity contribution in [3.63, 3.8) is 0 Å². The van der Waals surface area contributed by atoms with Crippen LogP contribution >= 0.6 is 0 Å². The summed E-state index contributed by atoms with van der Waals surface area (Å²) in [4.78, 5) is 19.0. The monoisotopic (exact) mass is 467 g/mol. The molecule has 0 unspecified atom stereocenters. The van der Waals surface area contributed by atoms with Crippen LogP contribution in [-0.2, 0) is 11.5 Å². The number of amides is 1. The summed E-state index contributed by atoms with van der Waals surface area (Å²) >= 11 is 0. The molecule has 0 bridgehead atoms. The van der Waals surface area contributed by atoms with Crippen molar-refractivity contribution in [3.05, 3.63) is 76.5 Å². The maximum Gasteiger partial charge on any atom is 0.250 e. The quantitative estimate of drug-likeness (QED) is 0.572. The van der Waals surface area contributed by atoms with E-state index >= 15 is 0 Å². The minimum absolute atomic E-state index is 0.0447. The Morgan fingerprint density at radius 3 is 2.57 bits per heavy atom. The molecular formula is C26H22FN7O. The molecular weight excluding hydrogens is 445 g/mol. The molecule has 5 rings (SSSR count). The van der Waals surface area contributed by atoms with Crippen LogP contribution in [0.1, 0.15) is 48.9 Å². The highest BCUT2D eigenvalue weighted by atomic mass is 19.1. The molecule has 8 nitrogen and oxygen atoms in total. The van der Waals surface area contributed by atoms with Crippen LogP contribution < -0.4 is 10.2 Å². The van der Waals surface area contributed by atoms with Crippen LogP contribution in [0.4, 0.5) is 22.0 Å². The second-order valence-corrected chi connectivity index (χ2v) is 8.68. The summed E-state index contributed by atoms with van der Waals surface area (Å²) in [6.07, 6.45) is 2.71. The van der Waals surface area contributed by atoms with Gasteiger partial charge in [-0.3, -0.25) is 15.0 Å². The van der Waals surface area contributed by atoms with Gasteiger partial charge >= 0.3 is 0 Å². The Bertz CT molecular complexity index is 1410. The standard InChI is InChI=1S/C26H22FN7O/c1-16-22(15-29)23(19-10-8-17(14-28)9-11-19)34-26(33(16)21-7-2-4-18(12-21)13-27)31-25(32-34)30-24(35)20-5-3-6-20/h2,4,7-12,20,23H,3,5-6,13H2,1H3,(H,30,32,35)/t23-/m1/s1. The number of carbonyl (C=O) groups is 1. The summed E-state index contributed by atoms with van der Waals surface area (Å²) < 4.78 is 15.0. The third-order valence-corrected chi connectivity index (χ3v) is 6.57. The van der Waals surface area contributed by atoms with Gasteiger partial charge in [-0.05, 0) is 55.2 Å². The lowest BCUT2D eigenvalue weighted by atomic mass is 9.85. The van der Waals surface area contributed by atoms with E-state index in [1.165, 1.54) is 0 Å². The lowest BCUT2D eigenvalue weighted by molar-refractivity contribution is -0.122. The van der Waals surface area contributed by atoms with Crippen LogP contribution in [-0.4, -0.2) is 20.7 Å². The Morgan fingerprint density at radius 1 is 1.17 bits per heavy atom. The van der Waals surface area contributed by atoms with Gasteiger partial charge in [0.25, 0.3) is 5.95 Å². The molecule has 2 aromatic carbocycles. The molecule has 2 aliphatic rings. The van der Waals surface area contributed by atoms with Crippen molar-refractivity contribution < 1.29 is 9.18 Å². The maximum absolute atomic E-state index is 13.4. The average molecular weight is 468 g/mol. The summed E-state index contributed by atoms with van der Waals surface area (Å²) in [5, 5.41) is 26.8. The molecule has 35 heavy (non-hydrogen) atoms. The zero-order chi connectivity index (χ0) is 24.5. The number of benzene rings is 2. The first-order valence-electron chi connectivity index (χ1n) is 11.4. The van der Waals surface area contributed by atoms with E-state index in [9.17, 15) is 19.7 Å². The predicted molar refractivity (Wildman–Crippen MR) is 127 cm³/mol. The van der Waals surface area contributed by atoms with Crippen LogP contribution in [0, 0.1) is 28.6 Å². The second-order valence-electron chi connectivity index (χ2n) is 8.68. The summed E-state index contributed by atoms with van der Waals surface area (Å²) in [6, 6.07) is 17.7. The number of allylic oxidation sites excluding steroid dienone is 2. The normalized spacial score (nSPS) is 17.3. The number of hydrogen-bond acceptors (Lipinski definition) is 6. The summed E-state index contributed by atoms with van der Waals surface area (Å²) in [5.74, 6) is 0.381. The third kappa shape index (κ3) is 3.91. The van der Waals surface area contributed by atoms with E-state index in [1.807, 2.05) is 13.0 Å². The Kier molecular flexibility index (Phi) is 5.76. The van der Waals surface area contributed by atoms with Crippen LogP contribution in [0.15, 0.2) is 59.8 Å². The molecule has 1 atom stereocenters. The topological polar surface area (TPSA) is 111 Å². The van der Waals surface area contributed by atoms with Gasteiger partial charge in [-0.25, -0.2) is 9.07 Å². The number of nitrogens with zero attached hydrogens (tertiary/aromatic N) is 6. The van der Waals surface area contributed by atoms with Crippen molar-refractivity contribution in [2.24, 2.45) is 5.92 Å². The Hall–Kier alpha value is -4.50. The Labute approximate surface area is 201 Å². The molecule has 3 aromatic rings. The zero-order valence-electron chi connectivity index (χ0n) is 19.1. The van der Waals surface area contributed by atoms with E-state index < -0.39 is 12.7 Å². The number of halogens is 1. The highest BCUT2D eigenvalue weighted by Gasteiger charge is 2.36. The van der Waals surface area contributed by atoms with Gasteiger partial charge in [-0.15, -0.1) is 5.10 Å². The lowest BCUT2D eigenvalue weighted by Crippen LogP contribution is -2.31. The van der Waals surface area contributed by atoms with E-state index in [2.05, 4.69) is 27.5 Å². The largest absolute Gasteiger partial charge is 0.293 e. The van der Waals surface area contributed by atoms with E-state index in [-0.39, 0.29) is 17.8 Å². The fraction of sp³-hybridized carbons (Fsp3) is 0.269. The molecule has 0 saturated heterocycles. The smallest absolute Gasteiger partial charge is 0.250 e. The van der Waals surface area contributed by atoms with Gasteiger partial charge in [0.2, 0.25) is 11.9 Å². The number of nitriles is 2. The van der Waals surface area contributed by atoms with E-state index in [0.717, 1.165) is 24.8 Å². The molecule has 0 spiro atoms. The molecule has 1 N–H and O–H groups in total. The number of rotatable bonds is 5. The van der Waals surface area contributed by atoms with Crippen molar-refractivity contribution in [2.45, 2.75) is 38.9 Å². The van der Waals surface area contributed by atoms with Crippen LogP contribution in [0.3, 0.4) is 0 Å². The number of aromatic nitrogens is 3. The first-order valence-corrected chi connectivity index (χ1v) is 11.4.